The maximum Gasteiger partial charge on any atom is 0.228 e. The van der Waals surface area contributed by atoms with Crippen molar-refractivity contribution in [3.63, 3.8) is 0 Å². The summed E-state index contributed by atoms with van der Waals surface area (Å²) < 4.78 is 0. The molecule has 1 aliphatic carbocycles. The number of likely N-dealkylation sites (tertiary alicyclic amines) is 1. The Kier molecular flexibility index (Phi) is 7.29. The Balaban J connectivity index is 1.41. The maximum atomic E-state index is 14.4. The minimum absolute atomic E-state index is 0.0390. The molecule has 34 heavy (non-hydrogen) atoms. The molecule has 0 aromatic heterocycles. The van der Waals surface area contributed by atoms with Crippen LogP contribution in [0.15, 0.2) is 40.9 Å². The summed E-state index contributed by atoms with van der Waals surface area (Å²) in [6.07, 6.45) is 7.85. The Morgan fingerprint density at radius 1 is 1.26 bits per heavy atom. The van der Waals surface area contributed by atoms with Crippen LogP contribution in [-0.2, 0) is 4.79 Å². The molecule has 5 rings (SSSR count). The molecule has 0 bridgehead atoms. The van der Waals surface area contributed by atoms with Crippen molar-refractivity contribution in [2.75, 3.05) is 26.7 Å². The molecular formula is C28H42N4OS. The third kappa shape index (κ3) is 4.20. The molecule has 186 valence electrons. The van der Waals surface area contributed by atoms with Crippen LogP contribution in [0.1, 0.15) is 70.3 Å². The third-order valence-electron chi connectivity index (χ3n) is 9.12. The van der Waals surface area contributed by atoms with E-state index in [9.17, 15) is 4.79 Å². The molecule has 3 heterocycles. The molecule has 2 fully saturated rings. The molecule has 3 N–H and O–H groups in total. The van der Waals surface area contributed by atoms with Crippen LogP contribution in [0, 0.1) is 17.3 Å². The van der Waals surface area contributed by atoms with Gasteiger partial charge in [0, 0.05) is 41.7 Å². The molecule has 5 nitrogen and oxygen atoms in total. The van der Waals surface area contributed by atoms with Gasteiger partial charge in [0.05, 0.1) is 5.92 Å². The number of fused-ring (bicyclic) bond motifs is 1. The largest absolute Gasteiger partial charge is 0.364 e. The minimum atomic E-state index is -0.0390. The van der Waals surface area contributed by atoms with E-state index in [-0.39, 0.29) is 16.8 Å². The predicted octanol–water partition coefficient (Wildman–Crippen LogP) is 4.64. The molecule has 0 radical (unpaired) electrons. The summed E-state index contributed by atoms with van der Waals surface area (Å²) in [5.41, 5.74) is 3.02. The van der Waals surface area contributed by atoms with Crippen LogP contribution in [0.25, 0.3) is 0 Å². The van der Waals surface area contributed by atoms with Gasteiger partial charge in [-0.2, -0.15) is 0 Å². The lowest BCUT2D eigenvalue weighted by Crippen LogP contribution is -2.54. The topological polar surface area (TPSA) is 56.4 Å². The Morgan fingerprint density at radius 2 is 2.06 bits per heavy atom. The first kappa shape index (κ1) is 24.2. The summed E-state index contributed by atoms with van der Waals surface area (Å²) in [7, 11) is 2.02. The first-order chi connectivity index (χ1) is 16.6. The minimum Gasteiger partial charge on any atom is -0.364 e. The van der Waals surface area contributed by atoms with E-state index in [1.807, 2.05) is 18.8 Å². The van der Waals surface area contributed by atoms with E-state index >= 15 is 0 Å². The van der Waals surface area contributed by atoms with Gasteiger partial charge in [0.25, 0.3) is 0 Å². The molecule has 1 aromatic carbocycles. The van der Waals surface area contributed by atoms with Crippen molar-refractivity contribution in [3.8, 4) is 0 Å². The van der Waals surface area contributed by atoms with Gasteiger partial charge < -0.3 is 15.5 Å². The lowest BCUT2D eigenvalue weighted by Gasteiger charge is -2.47. The highest BCUT2D eigenvalue weighted by Crippen LogP contribution is 2.56. The summed E-state index contributed by atoms with van der Waals surface area (Å²) in [5.74, 6) is 1.59. The first-order valence-corrected chi connectivity index (χ1v) is 14.4. The van der Waals surface area contributed by atoms with Crippen LogP contribution in [0.4, 0.5) is 0 Å². The van der Waals surface area contributed by atoms with Gasteiger partial charge in [-0.1, -0.05) is 68.8 Å². The number of hydrogen-bond acceptors (Lipinski definition) is 5. The number of nitrogens with zero attached hydrogens (tertiary/aromatic N) is 1. The average molecular weight is 483 g/mol. The molecule has 4 aliphatic rings. The van der Waals surface area contributed by atoms with Crippen molar-refractivity contribution in [1.29, 1.82) is 0 Å². The SMILES string of the molecule is CCC(CC)[C@@H]1C[C@H](c2ccccc2)CCN1C(=O)[C@@H]1CNC[C@]12CCCC1=C2SC(NC)N1. The van der Waals surface area contributed by atoms with Gasteiger partial charge in [0.15, 0.2) is 0 Å². The summed E-state index contributed by atoms with van der Waals surface area (Å²) in [5, 5.41) is 10.7. The number of carbonyl (C=O) groups is 1. The van der Waals surface area contributed by atoms with E-state index in [2.05, 4.69) is 65.0 Å². The third-order valence-corrected chi connectivity index (χ3v) is 10.6. The number of nitrogens with one attached hydrogen (secondary N) is 3. The first-order valence-electron chi connectivity index (χ1n) is 13.5. The van der Waals surface area contributed by atoms with Gasteiger partial charge in [-0.25, -0.2) is 0 Å². The van der Waals surface area contributed by atoms with Crippen molar-refractivity contribution in [1.82, 2.24) is 20.9 Å². The quantitative estimate of drug-likeness (QED) is 0.552. The van der Waals surface area contributed by atoms with Crippen LogP contribution in [0.5, 0.6) is 0 Å². The number of allylic oxidation sites excluding steroid dienone is 1. The van der Waals surface area contributed by atoms with Gasteiger partial charge in [0.2, 0.25) is 5.91 Å². The Bertz CT molecular complexity index is 901. The van der Waals surface area contributed by atoms with E-state index < -0.39 is 0 Å². The van der Waals surface area contributed by atoms with Crippen molar-refractivity contribution in [2.45, 2.75) is 76.3 Å². The molecule has 1 unspecified atom stereocenters. The molecule has 1 spiro atoms. The van der Waals surface area contributed by atoms with Crippen LogP contribution < -0.4 is 16.0 Å². The highest BCUT2D eigenvalue weighted by Gasteiger charge is 2.55. The van der Waals surface area contributed by atoms with Crippen LogP contribution in [0.2, 0.25) is 0 Å². The monoisotopic (exact) mass is 482 g/mol. The number of carbonyl (C=O) groups excluding carboxylic acids is 1. The molecule has 3 aliphatic heterocycles. The van der Waals surface area contributed by atoms with E-state index in [1.165, 1.54) is 22.6 Å². The molecule has 6 heteroatoms. The van der Waals surface area contributed by atoms with Crippen molar-refractivity contribution >= 4 is 17.7 Å². The molecule has 5 atom stereocenters. The highest BCUT2D eigenvalue weighted by molar-refractivity contribution is 8.03. The van der Waals surface area contributed by atoms with Crippen LogP contribution in [0.3, 0.4) is 0 Å². The zero-order valence-electron chi connectivity index (χ0n) is 21.1. The Labute approximate surface area is 209 Å². The number of thioether (sulfide) groups is 1. The lowest BCUT2D eigenvalue weighted by molar-refractivity contribution is -0.143. The van der Waals surface area contributed by atoms with E-state index in [4.69, 9.17) is 0 Å². The average Bonchev–Trinajstić information content (AvgIpc) is 3.50. The number of rotatable bonds is 6. The second-order valence-electron chi connectivity index (χ2n) is 10.7. The normalized spacial score (nSPS) is 33.5. The molecule has 0 saturated carbocycles. The number of hydrogen-bond donors (Lipinski definition) is 3. The Morgan fingerprint density at radius 3 is 2.79 bits per heavy atom. The van der Waals surface area contributed by atoms with Crippen molar-refractivity contribution < 1.29 is 4.79 Å². The smallest absolute Gasteiger partial charge is 0.228 e. The van der Waals surface area contributed by atoms with Gasteiger partial charge >= 0.3 is 0 Å². The van der Waals surface area contributed by atoms with Crippen LogP contribution in [-0.4, -0.2) is 49.0 Å². The number of piperidine rings is 1. The summed E-state index contributed by atoms with van der Waals surface area (Å²) in [4.78, 5) is 18.2. The van der Waals surface area contributed by atoms with E-state index in [1.54, 1.807) is 0 Å². The van der Waals surface area contributed by atoms with Gasteiger partial charge in [0.1, 0.15) is 5.50 Å². The van der Waals surface area contributed by atoms with E-state index in [0.29, 0.717) is 23.8 Å². The molecule has 1 aromatic rings. The fourth-order valence-electron chi connectivity index (χ4n) is 7.23. The fourth-order valence-corrected chi connectivity index (χ4v) is 8.64. The molecule has 2 saturated heterocycles. The second kappa shape index (κ2) is 10.2. The fraction of sp³-hybridized carbons (Fsp3) is 0.679. The van der Waals surface area contributed by atoms with Crippen molar-refractivity contribution in [2.24, 2.45) is 17.3 Å². The highest BCUT2D eigenvalue weighted by atomic mass is 32.2. The second-order valence-corrected chi connectivity index (χ2v) is 11.9. The van der Waals surface area contributed by atoms with E-state index in [0.717, 1.165) is 58.2 Å². The predicted molar refractivity (Wildman–Crippen MR) is 141 cm³/mol. The zero-order chi connectivity index (χ0) is 23.7. The lowest BCUT2D eigenvalue weighted by atomic mass is 9.69. The van der Waals surface area contributed by atoms with Crippen LogP contribution >= 0.6 is 11.8 Å². The molecular weight excluding hydrogens is 440 g/mol. The number of benzene rings is 1. The summed E-state index contributed by atoms with van der Waals surface area (Å²) in [6.45, 7) is 7.25. The summed E-state index contributed by atoms with van der Waals surface area (Å²) >= 11 is 1.92. The standard InChI is InChI=1S/C28H42N4OS/c1-4-19(5-2)24-16-21(20-10-7-6-8-11-20)13-15-32(24)26(33)22-17-30-18-28(22)14-9-12-23-25(28)34-27(29-3)31-23/h6-8,10-11,19,21-22,24,27,29-31H,4-5,9,12-18H2,1-3H3/t21-,22+,24+,27?,28-/m1/s1. The van der Waals surface area contributed by atoms with Gasteiger partial charge in [-0.05, 0) is 56.6 Å². The zero-order valence-corrected chi connectivity index (χ0v) is 21.9. The van der Waals surface area contributed by atoms with Crippen molar-refractivity contribution in [3.05, 3.63) is 46.5 Å². The maximum absolute atomic E-state index is 14.4. The molecule has 1 amide bonds. The summed E-state index contributed by atoms with van der Waals surface area (Å²) in [6, 6.07) is 11.3. The van der Waals surface area contributed by atoms with Gasteiger partial charge in [-0.3, -0.25) is 10.1 Å². The Hall–Kier alpha value is -1.50. The number of amides is 1. The van der Waals surface area contributed by atoms with Gasteiger partial charge in [-0.15, -0.1) is 0 Å².